The molecule has 0 bridgehead atoms. The van der Waals surface area contributed by atoms with E-state index in [1.807, 2.05) is 18.7 Å². The molecule has 0 aliphatic carbocycles. The van der Waals surface area contributed by atoms with Gasteiger partial charge in [-0.1, -0.05) is 35.3 Å². The van der Waals surface area contributed by atoms with Gasteiger partial charge in [-0.3, -0.25) is 0 Å². The summed E-state index contributed by atoms with van der Waals surface area (Å²) in [5.74, 6) is -0.455. The number of rotatable bonds is 5. The second kappa shape index (κ2) is 8.36. The van der Waals surface area contributed by atoms with Crippen LogP contribution in [0.1, 0.15) is 25.5 Å². The van der Waals surface area contributed by atoms with Crippen LogP contribution in [0.15, 0.2) is 29.5 Å². The predicted octanol–water partition coefficient (Wildman–Crippen LogP) is 3.71. The van der Waals surface area contributed by atoms with Gasteiger partial charge in [-0.2, -0.15) is 0 Å². The fraction of sp³-hybridized carbons (Fsp3) is 0.412. The lowest BCUT2D eigenvalue weighted by Gasteiger charge is -2.40. The molecule has 136 valence electrons. The van der Waals surface area contributed by atoms with Gasteiger partial charge < -0.3 is 19.7 Å². The van der Waals surface area contributed by atoms with Crippen LogP contribution in [0.25, 0.3) is 0 Å². The molecule has 1 N–H and O–H groups in total. The van der Waals surface area contributed by atoms with E-state index >= 15 is 0 Å². The van der Waals surface area contributed by atoms with E-state index in [1.165, 1.54) is 7.11 Å². The molecule has 1 aliphatic heterocycles. The van der Waals surface area contributed by atoms with Crippen LogP contribution in [0.5, 0.6) is 0 Å². The Hall–Kier alpha value is -1.34. The molecule has 0 spiro atoms. The van der Waals surface area contributed by atoms with Gasteiger partial charge in [0.2, 0.25) is 0 Å². The van der Waals surface area contributed by atoms with Crippen LogP contribution >= 0.6 is 35.4 Å². The molecule has 1 heterocycles. The van der Waals surface area contributed by atoms with Crippen molar-refractivity contribution in [2.75, 3.05) is 20.8 Å². The molecule has 0 saturated carbocycles. The van der Waals surface area contributed by atoms with Crippen LogP contribution in [0, 0.1) is 0 Å². The van der Waals surface area contributed by atoms with Gasteiger partial charge in [-0.25, -0.2) is 4.79 Å². The van der Waals surface area contributed by atoms with Crippen molar-refractivity contribution >= 4 is 46.5 Å². The van der Waals surface area contributed by atoms with Gasteiger partial charge in [0.05, 0.1) is 41.4 Å². The van der Waals surface area contributed by atoms with E-state index in [1.54, 1.807) is 25.3 Å². The number of halogens is 2. The molecule has 25 heavy (non-hydrogen) atoms. The summed E-state index contributed by atoms with van der Waals surface area (Å²) in [6, 6.07) is 4.67. The van der Waals surface area contributed by atoms with Crippen LogP contribution in [-0.2, 0) is 14.3 Å². The van der Waals surface area contributed by atoms with Gasteiger partial charge in [0.15, 0.2) is 5.11 Å². The van der Waals surface area contributed by atoms with E-state index in [0.29, 0.717) is 38.6 Å². The molecular formula is C17H20Cl2N2O3S. The molecule has 1 aromatic rings. The summed E-state index contributed by atoms with van der Waals surface area (Å²) in [4.78, 5) is 14.3. The quantitative estimate of drug-likeness (QED) is 0.598. The highest BCUT2D eigenvalue weighted by atomic mass is 35.5. The second-order valence-electron chi connectivity index (χ2n) is 5.69. The van der Waals surface area contributed by atoms with Crippen molar-refractivity contribution < 1.29 is 14.3 Å². The molecule has 1 aliphatic rings. The summed E-state index contributed by atoms with van der Waals surface area (Å²) >= 11 is 18.0. The van der Waals surface area contributed by atoms with Crippen LogP contribution in [-0.4, -0.2) is 42.8 Å². The first kappa shape index (κ1) is 20.0. The smallest absolute Gasteiger partial charge is 0.337 e. The number of hydrogen-bond donors (Lipinski definition) is 1. The summed E-state index contributed by atoms with van der Waals surface area (Å²) in [6.07, 6.45) is 0. The Morgan fingerprint density at radius 1 is 1.40 bits per heavy atom. The first-order valence-corrected chi connectivity index (χ1v) is 8.81. The number of carbonyl (C=O) groups is 1. The third-order valence-electron chi connectivity index (χ3n) is 4.07. The molecule has 0 unspecified atom stereocenters. The number of nitrogens with zero attached hydrogens (tertiary/aromatic N) is 1. The number of benzene rings is 1. The maximum atomic E-state index is 12.5. The van der Waals surface area contributed by atoms with Crippen LogP contribution < -0.4 is 5.32 Å². The topological polar surface area (TPSA) is 50.8 Å². The maximum absolute atomic E-state index is 12.5. The summed E-state index contributed by atoms with van der Waals surface area (Å²) < 4.78 is 10.2. The summed E-state index contributed by atoms with van der Waals surface area (Å²) in [6.45, 7) is 4.25. The average Bonchev–Trinajstić information content (AvgIpc) is 2.56. The number of carbonyl (C=O) groups excluding carboxylic acids is 1. The normalized spacial score (nSPS) is 18.9. The highest BCUT2D eigenvalue weighted by molar-refractivity contribution is 7.80. The molecule has 2 rings (SSSR count). The van der Waals surface area contributed by atoms with E-state index in [2.05, 4.69) is 5.32 Å². The number of hydrogen-bond acceptors (Lipinski definition) is 4. The highest BCUT2D eigenvalue weighted by Crippen LogP contribution is 2.37. The minimum Gasteiger partial charge on any atom is -0.466 e. The van der Waals surface area contributed by atoms with E-state index in [9.17, 15) is 4.79 Å². The van der Waals surface area contributed by atoms with Crippen molar-refractivity contribution in [2.24, 2.45) is 0 Å². The Labute approximate surface area is 162 Å². The lowest BCUT2D eigenvalue weighted by molar-refractivity contribution is -0.136. The van der Waals surface area contributed by atoms with Crippen molar-refractivity contribution in [1.82, 2.24) is 10.2 Å². The fourth-order valence-electron chi connectivity index (χ4n) is 2.95. The fourth-order valence-corrected chi connectivity index (χ4v) is 3.81. The molecule has 1 aromatic carbocycles. The van der Waals surface area contributed by atoms with Gasteiger partial charge in [-0.15, -0.1) is 0 Å². The van der Waals surface area contributed by atoms with Crippen molar-refractivity contribution in [3.63, 3.8) is 0 Å². The summed E-state index contributed by atoms with van der Waals surface area (Å²) in [7, 11) is 2.96. The lowest BCUT2D eigenvalue weighted by Crippen LogP contribution is -2.52. The third-order valence-corrected chi connectivity index (χ3v) is 5.22. The average molecular weight is 403 g/mol. The molecule has 5 nitrogen and oxygen atoms in total. The first-order valence-electron chi connectivity index (χ1n) is 7.65. The molecular weight excluding hydrogens is 383 g/mol. The number of nitrogens with one attached hydrogen (secondary N) is 1. The molecule has 0 aromatic heterocycles. The number of esters is 1. The van der Waals surface area contributed by atoms with Crippen molar-refractivity contribution in [3.05, 3.63) is 45.1 Å². The summed E-state index contributed by atoms with van der Waals surface area (Å²) in [5.41, 5.74) is 1.79. The van der Waals surface area contributed by atoms with Crippen LogP contribution in [0.2, 0.25) is 10.0 Å². The number of thiocarbonyl (C=S) groups is 1. The highest BCUT2D eigenvalue weighted by Gasteiger charge is 2.37. The van der Waals surface area contributed by atoms with Crippen molar-refractivity contribution in [1.29, 1.82) is 0 Å². The van der Waals surface area contributed by atoms with Gasteiger partial charge in [0.25, 0.3) is 0 Å². The minimum atomic E-state index is -0.544. The maximum Gasteiger partial charge on any atom is 0.337 e. The van der Waals surface area contributed by atoms with Crippen LogP contribution in [0.4, 0.5) is 0 Å². The Morgan fingerprint density at radius 3 is 2.68 bits per heavy atom. The van der Waals surface area contributed by atoms with E-state index in [-0.39, 0.29) is 6.04 Å². The zero-order chi connectivity index (χ0) is 18.7. The van der Waals surface area contributed by atoms with Crippen molar-refractivity contribution in [2.45, 2.75) is 25.9 Å². The molecule has 0 amide bonds. The Balaban J connectivity index is 2.60. The molecule has 8 heteroatoms. The van der Waals surface area contributed by atoms with Gasteiger partial charge >= 0.3 is 5.97 Å². The summed E-state index contributed by atoms with van der Waals surface area (Å²) in [5, 5.41) is 4.45. The van der Waals surface area contributed by atoms with E-state index in [0.717, 1.165) is 0 Å². The standard InChI is InChI=1S/C17H20Cl2N2O3S/c1-9(8-23-3)21-10(2)13(16(22)24-4)15(20-17(21)25)11-6-5-7-12(18)14(11)19/h5-7,9,15H,8H2,1-4H3,(H,20,25)/t9-,15+/m1/s1. The van der Waals surface area contributed by atoms with Crippen LogP contribution in [0.3, 0.4) is 0 Å². The van der Waals surface area contributed by atoms with Crippen molar-refractivity contribution in [3.8, 4) is 0 Å². The molecule has 0 fully saturated rings. The monoisotopic (exact) mass is 402 g/mol. The first-order chi connectivity index (χ1) is 11.8. The van der Waals surface area contributed by atoms with E-state index in [4.69, 9.17) is 44.9 Å². The zero-order valence-corrected chi connectivity index (χ0v) is 16.8. The van der Waals surface area contributed by atoms with Gasteiger partial charge in [-0.05, 0) is 37.7 Å². The number of methoxy groups -OCH3 is 2. The minimum absolute atomic E-state index is 0.0551. The number of allylic oxidation sites excluding steroid dienone is 1. The predicted molar refractivity (Wildman–Crippen MR) is 103 cm³/mol. The SMILES string of the molecule is COC[C@@H](C)N1C(=S)N[C@@H](c2cccc(Cl)c2Cl)C(C(=O)OC)=C1C. The second-order valence-corrected chi connectivity index (χ2v) is 6.86. The third kappa shape index (κ3) is 3.92. The largest absolute Gasteiger partial charge is 0.466 e. The molecule has 2 atom stereocenters. The van der Waals surface area contributed by atoms with Gasteiger partial charge in [0.1, 0.15) is 0 Å². The Kier molecular flexibility index (Phi) is 6.68. The van der Waals surface area contributed by atoms with Gasteiger partial charge in [0, 0.05) is 12.8 Å². The Morgan fingerprint density at radius 2 is 2.08 bits per heavy atom. The lowest BCUT2D eigenvalue weighted by atomic mass is 9.94. The molecule has 0 radical (unpaired) electrons. The number of ether oxygens (including phenoxy) is 2. The van der Waals surface area contributed by atoms with E-state index < -0.39 is 12.0 Å². The molecule has 0 saturated heterocycles. The Bertz CT molecular complexity index is 724. The zero-order valence-electron chi connectivity index (χ0n) is 14.4.